The zero-order valence-electron chi connectivity index (χ0n) is 9.72. The molecule has 1 unspecified atom stereocenters. The van der Waals surface area contributed by atoms with Crippen LogP contribution < -0.4 is 4.74 Å². The molecule has 0 amide bonds. The second kappa shape index (κ2) is 6.02. The van der Waals surface area contributed by atoms with Gasteiger partial charge in [0.1, 0.15) is 5.75 Å². The van der Waals surface area contributed by atoms with Crippen molar-refractivity contribution in [2.75, 3.05) is 0 Å². The van der Waals surface area contributed by atoms with Gasteiger partial charge >= 0.3 is 0 Å². The SMILES string of the molecule is CCCC(C)Oc1c(C)cccc1CCl. The fourth-order valence-corrected chi connectivity index (χ4v) is 1.86. The second-order valence-corrected chi connectivity index (χ2v) is 4.18. The molecule has 15 heavy (non-hydrogen) atoms. The Bertz CT molecular complexity index is 309. The summed E-state index contributed by atoms with van der Waals surface area (Å²) in [5.41, 5.74) is 2.25. The first-order valence-corrected chi connectivity index (χ1v) is 6.03. The Labute approximate surface area is 97.4 Å². The highest BCUT2D eigenvalue weighted by atomic mass is 35.5. The van der Waals surface area contributed by atoms with Gasteiger partial charge in [0.05, 0.1) is 12.0 Å². The van der Waals surface area contributed by atoms with Crippen LogP contribution in [0.25, 0.3) is 0 Å². The summed E-state index contributed by atoms with van der Waals surface area (Å²) >= 11 is 5.88. The van der Waals surface area contributed by atoms with Crippen LogP contribution in [0.5, 0.6) is 5.75 Å². The molecule has 0 fully saturated rings. The van der Waals surface area contributed by atoms with Crippen molar-refractivity contribution in [1.82, 2.24) is 0 Å². The van der Waals surface area contributed by atoms with Crippen LogP contribution in [0.1, 0.15) is 37.8 Å². The van der Waals surface area contributed by atoms with Gasteiger partial charge in [-0.1, -0.05) is 31.5 Å². The van der Waals surface area contributed by atoms with E-state index >= 15 is 0 Å². The van der Waals surface area contributed by atoms with Crippen molar-refractivity contribution in [3.8, 4) is 5.75 Å². The van der Waals surface area contributed by atoms with Crippen LogP contribution in [0.3, 0.4) is 0 Å². The van der Waals surface area contributed by atoms with Crippen molar-refractivity contribution < 1.29 is 4.74 Å². The molecule has 0 heterocycles. The molecule has 1 rings (SSSR count). The van der Waals surface area contributed by atoms with Gasteiger partial charge in [-0.2, -0.15) is 0 Å². The summed E-state index contributed by atoms with van der Waals surface area (Å²) in [5.74, 6) is 1.48. The number of halogens is 1. The Kier molecular flexibility index (Phi) is 4.97. The van der Waals surface area contributed by atoms with Gasteiger partial charge < -0.3 is 4.74 Å². The molecule has 0 spiro atoms. The van der Waals surface area contributed by atoms with Gasteiger partial charge in [0.15, 0.2) is 0 Å². The summed E-state index contributed by atoms with van der Waals surface area (Å²) in [7, 11) is 0. The van der Waals surface area contributed by atoms with E-state index in [9.17, 15) is 0 Å². The van der Waals surface area contributed by atoms with Crippen LogP contribution >= 0.6 is 11.6 Å². The van der Waals surface area contributed by atoms with Crippen LogP contribution in [0, 0.1) is 6.92 Å². The number of hydrogen-bond donors (Lipinski definition) is 0. The van der Waals surface area contributed by atoms with E-state index in [1.807, 2.05) is 12.1 Å². The van der Waals surface area contributed by atoms with Crippen LogP contribution in [-0.2, 0) is 5.88 Å². The van der Waals surface area contributed by atoms with Gasteiger partial charge in [-0.15, -0.1) is 11.6 Å². The van der Waals surface area contributed by atoms with E-state index in [4.69, 9.17) is 16.3 Å². The van der Waals surface area contributed by atoms with E-state index in [-0.39, 0.29) is 6.10 Å². The quantitative estimate of drug-likeness (QED) is 0.681. The van der Waals surface area contributed by atoms with Gasteiger partial charge in [-0.05, 0) is 25.8 Å². The Hall–Kier alpha value is -0.690. The molecule has 0 N–H and O–H groups in total. The largest absolute Gasteiger partial charge is 0.490 e. The Balaban J connectivity index is 2.82. The van der Waals surface area contributed by atoms with Gasteiger partial charge in [0.25, 0.3) is 0 Å². The fourth-order valence-electron chi connectivity index (χ4n) is 1.65. The maximum atomic E-state index is 5.92. The zero-order valence-corrected chi connectivity index (χ0v) is 10.5. The molecule has 1 aromatic rings. The molecule has 0 bridgehead atoms. The molecule has 0 saturated heterocycles. The number of alkyl halides is 1. The monoisotopic (exact) mass is 226 g/mol. The average molecular weight is 227 g/mol. The first-order valence-electron chi connectivity index (χ1n) is 5.50. The third kappa shape index (κ3) is 3.42. The number of rotatable bonds is 5. The third-order valence-corrected chi connectivity index (χ3v) is 2.74. The molecule has 1 atom stereocenters. The first kappa shape index (κ1) is 12.4. The van der Waals surface area contributed by atoms with Crippen molar-refractivity contribution in [2.24, 2.45) is 0 Å². The predicted octanol–water partition coefficient (Wildman–Crippen LogP) is 4.30. The van der Waals surface area contributed by atoms with E-state index in [1.54, 1.807) is 0 Å². The van der Waals surface area contributed by atoms with Crippen LogP contribution in [0.4, 0.5) is 0 Å². The highest BCUT2D eigenvalue weighted by Gasteiger charge is 2.09. The van der Waals surface area contributed by atoms with E-state index in [2.05, 4.69) is 26.8 Å². The lowest BCUT2D eigenvalue weighted by molar-refractivity contribution is 0.207. The lowest BCUT2D eigenvalue weighted by Gasteiger charge is -2.18. The predicted molar refractivity (Wildman–Crippen MR) is 65.7 cm³/mol. The molecule has 0 saturated carbocycles. The standard InChI is InChI=1S/C13H19ClO/c1-4-6-11(3)15-13-10(2)7-5-8-12(13)9-14/h5,7-8,11H,4,6,9H2,1-3H3. The summed E-state index contributed by atoms with van der Waals surface area (Å²) < 4.78 is 5.92. The average Bonchev–Trinajstić information content (AvgIpc) is 2.21. The van der Waals surface area contributed by atoms with E-state index in [1.165, 1.54) is 0 Å². The molecule has 0 radical (unpaired) electrons. The summed E-state index contributed by atoms with van der Waals surface area (Å²) in [6, 6.07) is 6.10. The maximum Gasteiger partial charge on any atom is 0.127 e. The number of aryl methyl sites for hydroxylation is 1. The molecule has 0 aliphatic heterocycles. The normalized spacial score (nSPS) is 12.5. The topological polar surface area (TPSA) is 9.23 Å². The number of benzene rings is 1. The molecule has 84 valence electrons. The summed E-state index contributed by atoms with van der Waals surface area (Å²) in [4.78, 5) is 0. The third-order valence-electron chi connectivity index (χ3n) is 2.45. The van der Waals surface area contributed by atoms with E-state index < -0.39 is 0 Å². The summed E-state index contributed by atoms with van der Waals surface area (Å²) in [6.07, 6.45) is 2.48. The van der Waals surface area contributed by atoms with Crippen molar-refractivity contribution in [3.63, 3.8) is 0 Å². The molecule has 0 aliphatic carbocycles. The molecule has 0 aromatic heterocycles. The Morgan fingerprint density at radius 2 is 2.13 bits per heavy atom. The number of para-hydroxylation sites is 1. The van der Waals surface area contributed by atoms with Gasteiger partial charge in [-0.3, -0.25) is 0 Å². The van der Waals surface area contributed by atoms with Crippen molar-refractivity contribution in [3.05, 3.63) is 29.3 Å². The Morgan fingerprint density at radius 1 is 1.40 bits per heavy atom. The first-order chi connectivity index (χ1) is 7.19. The van der Waals surface area contributed by atoms with Gasteiger partial charge in [0.2, 0.25) is 0 Å². The smallest absolute Gasteiger partial charge is 0.127 e. The van der Waals surface area contributed by atoms with Crippen LogP contribution in [0.15, 0.2) is 18.2 Å². The van der Waals surface area contributed by atoms with Crippen LogP contribution in [-0.4, -0.2) is 6.10 Å². The molecule has 2 heteroatoms. The highest BCUT2D eigenvalue weighted by molar-refractivity contribution is 6.17. The van der Waals surface area contributed by atoms with E-state index in [0.29, 0.717) is 5.88 Å². The number of ether oxygens (including phenoxy) is 1. The second-order valence-electron chi connectivity index (χ2n) is 3.91. The molecular formula is C13H19ClO. The summed E-state index contributed by atoms with van der Waals surface area (Å²) in [5, 5.41) is 0. The molecular weight excluding hydrogens is 208 g/mol. The molecule has 0 aliphatic rings. The minimum atomic E-state index is 0.262. The van der Waals surface area contributed by atoms with Crippen molar-refractivity contribution >= 4 is 11.6 Å². The maximum absolute atomic E-state index is 5.92. The lowest BCUT2D eigenvalue weighted by Crippen LogP contribution is -2.12. The lowest BCUT2D eigenvalue weighted by atomic mass is 10.1. The highest BCUT2D eigenvalue weighted by Crippen LogP contribution is 2.26. The minimum Gasteiger partial charge on any atom is -0.490 e. The zero-order chi connectivity index (χ0) is 11.3. The molecule has 1 nitrogen and oxygen atoms in total. The van der Waals surface area contributed by atoms with Crippen LogP contribution in [0.2, 0.25) is 0 Å². The van der Waals surface area contributed by atoms with Gasteiger partial charge in [-0.25, -0.2) is 0 Å². The van der Waals surface area contributed by atoms with Crippen molar-refractivity contribution in [2.45, 2.75) is 45.6 Å². The van der Waals surface area contributed by atoms with Crippen molar-refractivity contribution in [1.29, 1.82) is 0 Å². The van der Waals surface area contributed by atoms with E-state index in [0.717, 1.165) is 29.7 Å². The summed E-state index contributed by atoms with van der Waals surface area (Å²) in [6.45, 7) is 6.33. The Morgan fingerprint density at radius 3 is 2.73 bits per heavy atom. The minimum absolute atomic E-state index is 0.262. The molecule has 1 aromatic carbocycles. The van der Waals surface area contributed by atoms with Gasteiger partial charge in [0, 0.05) is 5.56 Å². The number of hydrogen-bond acceptors (Lipinski definition) is 1. The fraction of sp³-hybridized carbons (Fsp3) is 0.538.